The van der Waals surface area contributed by atoms with Gasteiger partial charge in [0.15, 0.2) is 11.5 Å². The van der Waals surface area contributed by atoms with Gasteiger partial charge in [0.2, 0.25) is 5.95 Å². The molecule has 2 N–H and O–H groups in total. The summed E-state index contributed by atoms with van der Waals surface area (Å²) in [5.74, 6) is 2.61. The van der Waals surface area contributed by atoms with Crippen molar-refractivity contribution in [1.29, 1.82) is 0 Å². The molecule has 2 aliphatic rings. The number of nitrogens with two attached hydrogens (primary N) is 1. The molecule has 0 bridgehead atoms. The number of aromatic nitrogens is 2. The summed E-state index contributed by atoms with van der Waals surface area (Å²) >= 11 is 0. The van der Waals surface area contributed by atoms with Gasteiger partial charge in [0, 0.05) is 37.4 Å². The van der Waals surface area contributed by atoms with Gasteiger partial charge >= 0.3 is 0 Å². The fourth-order valence-electron chi connectivity index (χ4n) is 2.77. The Morgan fingerprint density at radius 2 is 1.73 bits per heavy atom. The van der Waals surface area contributed by atoms with Crippen LogP contribution in [0.3, 0.4) is 0 Å². The summed E-state index contributed by atoms with van der Waals surface area (Å²) in [4.78, 5) is 22.3. The van der Waals surface area contributed by atoms with Crippen LogP contribution in [-0.2, 0) is 4.79 Å². The standard InChI is InChI=1S/C15H16N4O3/c16-14-10-7-12-13(22-6-5-21-12)8-11(10)17-15(18-14)19-3-1-9(20)2-4-19/h7-8H,1-6H2,(H2,16,17,18). The van der Waals surface area contributed by atoms with E-state index in [1.54, 1.807) is 0 Å². The molecule has 7 heteroatoms. The fourth-order valence-corrected chi connectivity index (χ4v) is 2.77. The van der Waals surface area contributed by atoms with E-state index < -0.39 is 0 Å². The summed E-state index contributed by atoms with van der Waals surface area (Å²) in [6.07, 6.45) is 1.06. The maximum Gasteiger partial charge on any atom is 0.227 e. The number of Topliss-reactive ketones (excluding diaryl/α,β-unsaturated/α-hetero) is 1. The van der Waals surface area contributed by atoms with Crippen molar-refractivity contribution in [3.63, 3.8) is 0 Å². The van der Waals surface area contributed by atoms with Gasteiger partial charge in [0.05, 0.1) is 5.52 Å². The van der Waals surface area contributed by atoms with Crippen molar-refractivity contribution in [1.82, 2.24) is 9.97 Å². The van der Waals surface area contributed by atoms with E-state index in [0.717, 1.165) is 10.9 Å². The summed E-state index contributed by atoms with van der Waals surface area (Å²) in [6, 6.07) is 3.66. The third-order valence-corrected chi connectivity index (χ3v) is 3.98. The van der Waals surface area contributed by atoms with Gasteiger partial charge in [-0.25, -0.2) is 4.98 Å². The van der Waals surface area contributed by atoms with Crippen LogP contribution < -0.4 is 20.1 Å². The van der Waals surface area contributed by atoms with Crippen LogP contribution in [-0.4, -0.2) is 42.1 Å². The highest BCUT2D eigenvalue weighted by Crippen LogP contribution is 2.36. The minimum Gasteiger partial charge on any atom is -0.486 e. The third-order valence-electron chi connectivity index (χ3n) is 3.98. The van der Waals surface area contributed by atoms with E-state index in [9.17, 15) is 4.79 Å². The zero-order valence-corrected chi connectivity index (χ0v) is 12.0. The number of hydrogen-bond donors (Lipinski definition) is 1. The number of hydrogen-bond acceptors (Lipinski definition) is 7. The van der Waals surface area contributed by atoms with E-state index in [1.165, 1.54) is 0 Å². The number of ether oxygens (including phenoxy) is 2. The van der Waals surface area contributed by atoms with Crippen molar-refractivity contribution in [2.24, 2.45) is 0 Å². The molecule has 7 nitrogen and oxygen atoms in total. The van der Waals surface area contributed by atoms with Crippen LogP contribution in [0.25, 0.3) is 10.9 Å². The molecule has 3 heterocycles. The summed E-state index contributed by atoms with van der Waals surface area (Å²) < 4.78 is 11.1. The highest BCUT2D eigenvalue weighted by atomic mass is 16.6. The minimum atomic E-state index is 0.282. The number of nitrogen functional groups attached to an aromatic ring is 1. The molecular formula is C15H16N4O3. The number of fused-ring (bicyclic) bond motifs is 2. The number of nitrogens with zero attached hydrogens (tertiary/aromatic N) is 3. The second kappa shape index (κ2) is 5.01. The molecule has 0 radical (unpaired) electrons. The Kier molecular flexibility index (Phi) is 2.99. The van der Waals surface area contributed by atoms with Gasteiger partial charge < -0.3 is 20.1 Å². The zero-order valence-electron chi connectivity index (χ0n) is 12.0. The molecule has 0 amide bonds. The first-order valence-corrected chi connectivity index (χ1v) is 7.34. The van der Waals surface area contributed by atoms with Crippen LogP contribution in [0.2, 0.25) is 0 Å². The van der Waals surface area contributed by atoms with Gasteiger partial charge in [-0.2, -0.15) is 4.98 Å². The second-order valence-corrected chi connectivity index (χ2v) is 5.45. The molecule has 0 unspecified atom stereocenters. The Hall–Kier alpha value is -2.57. The quantitative estimate of drug-likeness (QED) is 0.844. The summed E-state index contributed by atoms with van der Waals surface area (Å²) in [5.41, 5.74) is 6.81. The lowest BCUT2D eigenvalue weighted by Crippen LogP contribution is -2.35. The van der Waals surface area contributed by atoms with E-state index >= 15 is 0 Å². The van der Waals surface area contributed by atoms with Crippen molar-refractivity contribution >= 4 is 28.5 Å². The van der Waals surface area contributed by atoms with Gasteiger partial charge in [-0.15, -0.1) is 0 Å². The first-order valence-electron chi connectivity index (χ1n) is 7.34. The predicted octanol–water partition coefficient (Wildman–Crippen LogP) is 1.15. The Bertz CT molecular complexity index is 752. The predicted molar refractivity (Wildman–Crippen MR) is 81.4 cm³/mol. The van der Waals surface area contributed by atoms with Crippen LogP contribution in [0.1, 0.15) is 12.8 Å². The van der Waals surface area contributed by atoms with Crippen molar-refractivity contribution in [3.05, 3.63) is 12.1 Å². The number of ketones is 1. The van der Waals surface area contributed by atoms with Crippen molar-refractivity contribution in [2.45, 2.75) is 12.8 Å². The average molecular weight is 300 g/mol. The summed E-state index contributed by atoms with van der Waals surface area (Å²) in [6.45, 7) is 2.32. The molecule has 1 aromatic carbocycles. The van der Waals surface area contributed by atoms with Gasteiger partial charge in [0.1, 0.15) is 24.8 Å². The molecule has 0 saturated carbocycles. The number of benzene rings is 1. The molecule has 0 atom stereocenters. The Balaban J connectivity index is 1.76. The molecule has 1 aromatic heterocycles. The Morgan fingerprint density at radius 1 is 1.05 bits per heavy atom. The highest BCUT2D eigenvalue weighted by Gasteiger charge is 2.21. The molecule has 4 rings (SSSR count). The van der Waals surface area contributed by atoms with Crippen LogP contribution in [0.5, 0.6) is 11.5 Å². The molecule has 1 saturated heterocycles. The van der Waals surface area contributed by atoms with Crippen molar-refractivity contribution < 1.29 is 14.3 Å². The molecule has 22 heavy (non-hydrogen) atoms. The fraction of sp³-hybridized carbons (Fsp3) is 0.400. The maximum atomic E-state index is 11.4. The van der Waals surface area contributed by atoms with Crippen LogP contribution in [0.15, 0.2) is 12.1 Å². The number of anilines is 2. The van der Waals surface area contributed by atoms with Gasteiger partial charge in [0.25, 0.3) is 0 Å². The normalized spacial score (nSPS) is 17.8. The Morgan fingerprint density at radius 3 is 2.45 bits per heavy atom. The van der Waals surface area contributed by atoms with Crippen LogP contribution in [0, 0.1) is 0 Å². The largest absolute Gasteiger partial charge is 0.486 e. The van der Waals surface area contributed by atoms with Gasteiger partial charge in [-0.1, -0.05) is 0 Å². The van der Waals surface area contributed by atoms with Crippen molar-refractivity contribution in [3.8, 4) is 11.5 Å². The summed E-state index contributed by atoms with van der Waals surface area (Å²) in [7, 11) is 0. The van der Waals surface area contributed by atoms with Crippen LogP contribution in [0.4, 0.5) is 11.8 Å². The van der Waals surface area contributed by atoms with Crippen molar-refractivity contribution in [2.75, 3.05) is 36.9 Å². The molecule has 0 spiro atoms. The lowest BCUT2D eigenvalue weighted by Gasteiger charge is -2.26. The number of piperidine rings is 1. The first-order chi connectivity index (χ1) is 10.7. The lowest BCUT2D eigenvalue weighted by molar-refractivity contribution is -0.119. The van der Waals surface area contributed by atoms with Gasteiger partial charge in [-0.05, 0) is 6.07 Å². The van der Waals surface area contributed by atoms with E-state index in [-0.39, 0.29) is 5.78 Å². The summed E-state index contributed by atoms with van der Waals surface area (Å²) in [5, 5.41) is 0.751. The van der Waals surface area contributed by atoms with E-state index in [0.29, 0.717) is 62.4 Å². The molecule has 2 aromatic rings. The number of carbonyl (C=O) groups excluding carboxylic acids is 1. The lowest BCUT2D eigenvalue weighted by atomic mass is 10.1. The Labute approximate surface area is 127 Å². The SMILES string of the molecule is Nc1nc(N2CCC(=O)CC2)nc2cc3c(cc12)OCCO3. The molecule has 0 aliphatic carbocycles. The van der Waals surface area contributed by atoms with Crippen LogP contribution >= 0.6 is 0 Å². The minimum absolute atomic E-state index is 0.282. The number of rotatable bonds is 1. The van der Waals surface area contributed by atoms with E-state index in [1.807, 2.05) is 17.0 Å². The zero-order chi connectivity index (χ0) is 15.1. The topological polar surface area (TPSA) is 90.6 Å². The first kappa shape index (κ1) is 13.1. The average Bonchev–Trinajstić information content (AvgIpc) is 2.54. The highest BCUT2D eigenvalue weighted by molar-refractivity contribution is 5.92. The monoisotopic (exact) mass is 300 g/mol. The molecule has 1 fully saturated rings. The third kappa shape index (κ3) is 2.18. The molecule has 2 aliphatic heterocycles. The molecule has 114 valence electrons. The van der Waals surface area contributed by atoms with E-state index in [2.05, 4.69) is 9.97 Å². The van der Waals surface area contributed by atoms with Gasteiger partial charge in [-0.3, -0.25) is 4.79 Å². The smallest absolute Gasteiger partial charge is 0.227 e. The van der Waals surface area contributed by atoms with E-state index in [4.69, 9.17) is 15.2 Å². The second-order valence-electron chi connectivity index (χ2n) is 5.45. The number of carbonyl (C=O) groups is 1. The molecular weight excluding hydrogens is 284 g/mol. The maximum absolute atomic E-state index is 11.4.